The Balaban J connectivity index is 1.89. The van der Waals surface area contributed by atoms with Crippen molar-refractivity contribution in [3.05, 3.63) is 29.4 Å². The van der Waals surface area contributed by atoms with Gasteiger partial charge in [-0.2, -0.15) is 5.10 Å². The average molecular weight is 292 g/mol. The number of ether oxygens (including phenoxy) is 1. The highest BCUT2D eigenvalue weighted by atomic mass is 32.1. The van der Waals surface area contributed by atoms with Crippen LogP contribution in [0.2, 0.25) is 0 Å². The fraction of sp³-hybridized carbons (Fsp3) is 0.429. The first-order chi connectivity index (χ1) is 9.75. The molecule has 20 heavy (non-hydrogen) atoms. The standard InChI is InChI=1S/C14H16N2O3S/c17-14(18)13-11(19-10-5-2-1-3-6-10)9-15-16(13)12-7-4-8-20-12/h4,7-10H,1-3,5-6H2,(H,17,18). The number of aromatic nitrogens is 2. The first-order valence-corrected chi connectivity index (χ1v) is 7.65. The van der Waals surface area contributed by atoms with Crippen molar-refractivity contribution in [2.45, 2.75) is 38.2 Å². The Bertz CT molecular complexity index is 586. The van der Waals surface area contributed by atoms with Gasteiger partial charge < -0.3 is 9.84 Å². The summed E-state index contributed by atoms with van der Waals surface area (Å²) < 4.78 is 7.30. The van der Waals surface area contributed by atoms with Gasteiger partial charge in [-0.05, 0) is 43.2 Å². The number of nitrogens with zero attached hydrogens (tertiary/aromatic N) is 2. The van der Waals surface area contributed by atoms with Crippen LogP contribution in [-0.4, -0.2) is 27.0 Å². The number of thiophene rings is 1. The summed E-state index contributed by atoms with van der Waals surface area (Å²) in [6.07, 6.45) is 7.13. The predicted molar refractivity (Wildman–Crippen MR) is 75.9 cm³/mol. The third-order valence-corrected chi connectivity index (χ3v) is 4.34. The lowest BCUT2D eigenvalue weighted by molar-refractivity contribution is 0.0676. The summed E-state index contributed by atoms with van der Waals surface area (Å²) in [6.45, 7) is 0. The molecule has 1 saturated carbocycles. The maximum atomic E-state index is 11.5. The molecule has 2 aromatic heterocycles. The van der Waals surface area contributed by atoms with E-state index in [1.54, 1.807) is 0 Å². The van der Waals surface area contributed by atoms with E-state index in [-0.39, 0.29) is 11.8 Å². The summed E-state index contributed by atoms with van der Waals surface area (Å²) >= 11 is 1.45. The van der Waals surface area contributed by atoms with Crippen molar-refractivity contribution in [1.82, 2.24) is 9.78 Å². The van der Waals surface area contributed by atoms with Gasteiger partial charge in [0.25, 0.3) is 0 Å². The smallest absolute Gasteiger partial charge is 0.358 e. The first-order valence-electron chi connectivity index (χ1n) is 6.77. The minimum absolute atomic E-state index is 0.109. The molecule has 0 unspecified atom stereocenters. The van der Waals surface area contributed by atoms with Gasteiger partial charge in [0.1, 0.15) is 5.00 Å². The van der Waals surface area contributed by atoms with Crippen molar-refractivity contribution in [2.24, 2.45) is 0 Å². The van der Waals surface area contributed by atoms with Gasteiger partial charge in [-0.15, -0.1) is 11.3 Å². The molecule has 0 aliphatic heterocycles. The third-order valence-electron chi connectivity index (χ3n) is 3.50. The van der Waals surface area contributed by atoms with Crippen LogP contribution >= 0.6 is 11.3 Å². The lowest BCUT2D eigenvalue weighted by Crippen LogP contribution is -2.21. The van der Waals surface area contributed by atoms with Crippen LogP contribution in [-0.2, 0) is 0 Å². The molecule has 0 saturated heterocycles. The van der Waals surface area contributed by atoms with Crippen LogP contribution in [0.3, 0.4) is 0 Å². The van der Waals surface area contributed by atoms with E-state index in [2.05, 4.69) is 5.10 Å². The minimum atomic E-state index is -1.01. The fourth-order valence-electron chi connectivity index (χ4n) is 2.54. The zero-order chi connectivity index (χ0) is 13.9. The van der Waals surface area contributed by atoms with E-state index >= 15 is 0 Å². The highest BCUT2D eigenvalue weighted by Gasteiger charge is 2.24. The summed E-state index contributed by atoms with van der Waals surface area (Å²) in [4.78, 5) is 11.5. The molecule has 0 radical (unpaired) electrons. The van der Waals surface area contributed by atoms with Gasteiger partial charge in [0.2, 0.25) is 0 Å². The summed E-state index contributed by atoms with van der Waals surface area (Å²) in [5, 5.41) is 16.3. The Hall–Kier alpha value is -1.82. The molecular formula is C14H16N2O3S. The largest absolute Gasteiger partial charge is 0.486 e. The van der Waals surface area contributed by atoms with E-state index in [1.807, 2.05) is 17.5 Å². The van der Waals surface area contributed by atoms with Crippen LogP contribution in [0.4, 0.5) is 0 Å². The molecule has 0 atom stereocenters. The molecule has 0 amide bonds. The molecule has 6 heteroatoms. The number of hydrogen-bond acceptors (Lipinski definition) is 4. The van der Waals surface area contributed by atoms with Crippen LogP contribution in [0.25, 0.3) is 5.00 Å². The normalized spacial score (nSPS) is 16.2. The number of carbonyl (C=O) groups is 1. The van der Waals surface area contributed by atoms with Gasteiger partial charge in [-0.1, -0.05) is 6.42 Å². The summed E-state index contributed by atoms with van der Waals surface area (Å²) in [7, 11) is 0. The predicted octanol–water partition coefficient (Wildman–Crippen LogP) is 3.34. The van der Waals surface area contributed by atoms with Crippen LogP contribution < -0.4 is 4.74 Å². The monoisotopic (exact) mass is 292 g/mol. The highest BCUT2D eigenvalue weighted by molar-refractivity contribution is 7.12. The Morgan fingerprint density at radius 1 is 1.40 bits per heavy atom. The SMILES string of the molecule is O=C(O)c1c(OC2CCCCC2)cnn1-c1cccs1. The molecule has 2 heterocycles. The summed E-state index contributed by atoms with van der Waals surface area (Å²) in [6, 6.07) is 3.71. The number of rotatable bonds is 4. The zero-order valence-electron chi connectivity index (χ0n) is 11.0. The van der Waals surface area contributed by atoms with Crippen molar-refractivity contribution in [3.63, 3.8) is 0 Å². The van der Waals surface area contributed by atoms with Crippen LogP contribution in [0.15, 0.2) is 23.7 Å². The molecule has 0 bridgehead atoms. The Kier molecular flexibility index (Phi) is 3.73. The van der Waals surface area contributed by atoms with E-state index < -0.39 is 5.97 Å². The maximum Gasteiger partial charge on any atom is 0.358 e. The molecule has 5 nitrogen and oxygen atoms in total. The van der Waals surface area contributed by atoms with Crippen molar-refractivity contribution in [2.75, 3.05) is 0 Å². The summed E-state index contributed by atoms with van der Waals surface area (Å²) in [5.74, 6) is -0.639. The van der Waals surface area contributed by atoms with Gasteiger partial charge in [0.05, 0.1) is 12.3 Å². The van der Waals surface area contributed by atoms with E-state index in [0.29, 0.717) is 5.75 Å². The second-order valence-corrected chi connectivity index (χ2v) is 5.83. The van der Waals surface area contributed by atoms with Crippen LogP contribution in [0.1, 0.15) is 42.6 Å². The topological polar surface area (TPSA) is 64.3 Å². The molecule has 1 aliphatic rings. The van der Waals surface area contributed by atoms with Gasteiger partial charge in [0.15, 0.2) is 11.4 Å². The molecular weight excluding hydrogens is 276 g/mol. The molecule has 2 aromatic rings. The first kappa shape index (κ1) is 13.2. The van der Waals surface area contributed by atoms with E-state index in [4.69, 9.17) is 4.74 Å². The van der Waals surface area contributed by atoms with Gasteiger partial charge in [-0.25, -0.2) is 9.48 Å². The van der Waals surface area contributed by atoms with Gasteiger partial charge in [0, 0.05) is 0 Å². The molecule has 0 spiro atoms. The number of carboxylic acid groups (broad SMARTS) is 1. The van der Waals surface area contributed by atoms with E-state index in [9.17, 15) is 9.90 Å². The minimum Gasteiger partial charge on any atom is -0.486 e. The maximum absolute atomic E-state index is 11.5. The second-order valence-electron chi connectivity index (χ2n) is 4.90. The van der Waals surface area contributed by atoms with Crippen molar-refractivity contribution in [3.8, 4) is 10.8 Å². The Morgan fingerprint density at radius 2 is 2.20 bits per heavy atom. The van der Waals surface area contributed by atoms with E-state index in [1.165, 1.54) is 28.6 Å². The molecule has 1 fully saturated rings. The molecule has 1 N–H and O–H groups in total. The van der Waals surface area contributed by atoms with Crippen molar-refractivity contribution in [1.29, 1.82) is 0 Å². The van der Waals surface area contributed by atoms with Crippen LogP contribution in [0, 0.1) is 0 Å². The Morgan fingerprint density at radius 3 is 2.85 bits per heavy atom. The Labute approximate surface area is 120 Å². The lowest BCUT2D eigenvalue weighted by atomic mass is 9.98. The molecule has 3 rings (SSSR count). The van der Waals surface area contributed by atoms with Crippen molar-refractivity contribution < 1.29 is 14.6 Å². The average Bonchev–Trinajstić information content (AvgIpc) is 3.08. The zero-order valence-corrected chi connectivity index (χ0v) is 11.8. The highest BCUT2D eigenvalue weighted by Crippen LogP contribution is 2.28. The number of carboxylic acids is 1. The van der Waals surface area contributed by atoms with Gasteiger partial charge in [-0.3, -0.25) is 0 Å². The fourth-order valence-corrected chi connectivity index (χ4v) is 3.23. The number of hydrogen-bond donors (Lipinski definition) is 1. The summed E-state index contributed by atoms with van der Waals surface area (Å²) in [5.41, 5.74) is 0.109. The van der Waals surface area contributed by atoms with E-state index in [0.717, 1.165) is 30.7 Å². The number of aromatic carboxylic acids is 1. The molecule has 106 valence electrons. The van der Waals surface area contributed by atoms with Crippen LogP contribution in [0.5, 0.6) is 5.75 Å². The second kappa shape index (κ2) is 5.66. The quantitative estimate of drug-likeness (QED) is 0.938. The third kappa shape index (κ3) is 2.56. The molecule has 1 aliphatic carbocycles. The molecule has 0 aromatic carbocycles. The van der Waals surface area contributed by atoms with Gasteiger partial charge >= 0.3 is 5.97 Å². The lowest BCUT2D eigenvalue weighted by Gasteiger charge is -2.22. The van der Waals surface area contributed by atoms with Crippen molar-refractivity contribution >= 4 is 17.3 Å².